The van der Waals surface area contributed by atoms with Gasteiger partial charge in [-0.25, -0.2) is 4.98 Å². The van der Waals surface area contributed by atoms with Crippen LogP contribution in [0.25, 0.3) is 22.2 Å². The highest BCUT2D eigenvalue weighted by Gasteiger charge is 2.15. The third-order valence-corrected chi connectivity index (χ3v) is 4.87. The predicted octanol–water partition coefficient (Wildman–Crippen LogP) is 4.56. The van der Waals surface area contributed by atoms with Crippen molar-refractivity contribution < 1.29 is 4.79 Å². The third-order valence-electron chi connectivity index (χ3n) is 3.88. The molecule has 0 aliphatic rings. The van der Waals surface area contributed by atoms with Crippen molar-refractivity contribution in [3.63, 3.8) is 0 Å². The molecular weight excluding hydrogens is 370 g/mol. The molecule has 0 unspecified atom stereocenters. The molecule has 0 bridgehead atoms. The predicted molar refractivity (Wildman–Crippen MR) is 105 cm³/mol. The van der Waals surface area contributed by atoms with E-state index in [2.05, 4.69) is 15.3 Å². The molecule has 7 heteroatoms. The molecule has 0 aliphatic heterocycles. The second-order valence-corrected chi connectivity index (χ2v) is 6.87. The van der Waals surface area contributed by atoms with Crippen LogP contribution in [0.3, 0.4) is 0 Å². The lowest BCUT2D eigenvalue weighted by atomic mass is 10.1. The molecular formula is C19H12ClN3O2S. The van der Waals surface area contributed by atoms with E-state index in [1.165, 1.54) is 17.5 Å². The minimum Gasteiger partial charge on any atom is -0.360 e. The summed E-state index contributed by atoms with van der Waals surface area (Å²) in [5, 5.41) is 5.78. The summed E-state index contributed by atoms with van der Waals surface area (Å²) in [5.74, 6) is -0.512. The Morgan fingerprint density at radius 1 is 1.15 bits per heavy atom. The number of fused-ring (bicyclic) bond motifs is 1. The maximum Gasteiger partial charge on any atom is 0.262 e. The largest absolute Gasteiger partial charge is 0.360 e. The fourth-order valence-electron chi connectivity index (χ4n) is 2.60. The molecule has 4 aromatic rings. The number of aromatic nitrogens is 2. The van der Waals surface area contributed by atoms with Crippen molar-refractivity contribution in [1.29, 1.82) is 0 Å². The number of H-pyrrole nitrogens is 1. The van der Waals surface area contributed by atoms with Crippen molar-refractivity contribution in [2.75, 3.05) is 5.32 Å². The molecule has 2 aromatic carbocycles. The van der Waals surface area contributed by atoms with Crippen LogP contribution in [-0.4, -0.2) is 15.9 Å². The van der Waals surface area contributed by atoms with Gasteiger partial charge in [-0.2, -0.15) is 0 Å². The van der Waals surface area contributed by atoms with Crippen LogP contribution in [0.5, 0.6) is 0 Å². The third kappa shape index (κ3) is 3.12. The van der Waals surface area contributed by atoms with Crippen LogP contribution in [0.15, 0.2) is 64.9 Å². The van der Waals surface area contributed by atoms with Crippen LogP contribution < -0.4 is 10.7 Å². The van der Waals surface area contributed by atoms with Gasteiger partial charge < -0.3 is 4.98 Å². The zero-order valence-electron chi connectivity index (χ0n) is 13.3. The summed E-state index contributed by atoms with van der Waals surface area (Å²) in [6.45, 7) is 0. The smallest absolute Gasteiger partial charge is 0.262 e. The van der Waals surface area contributed by atoms with Gasteiger partial charge in [0.25, 0.3) is 5.91 Å². The number of benzene rings is 2. The number of carbonyl (C=O) groups excluding carboxylic acids is 1. The van der Waals surface area contributed by atoms with Gasteiger partial charge in [-0.1, -0.05) is 41.9 Å². The number of rotatable bonds is 3. The number of hydrogen-bond acceptors (Lipinski definition) is 4. The maximum atomic E-state index is 12.6. The Morgan fingerprint density at radius 2 is 1.96 bits per heavy atom. The number of pyridine rings is 1. The first-order chi connectivity index (χ1) is 12.6. The Balaban J connectivity index is 1.63. The Kier molecular flexibility index (Phi) is 4.28. The Bertz CT molecular complexity index is 1170. The molecule has 5 nitrogen and oxygen atoms in total. The standard InChI is InChI=1S/C19H12ClN3O2S/c20-12-6-7-15-13(8-12)17(24)14(9-21-15)18(25)23-19-22-16(10-26-19)11-4-2-1-3-5-11/h1-10H,(H,21,24)(H,22,23,25). The first-order valence-electron chi connectivity index (χ1n) is 7.75. The van der Waals surface area contributed by atoms with Gasteiger partial charge in [-0.15, -0.1) is 11.3 Å². The fourth-order valence-corrected chi connectivity index (χ4v) is 3.48. The first-order valence-corrected chi connectivity index (χ1v) is 9.01. The van der Waals surface area contributed by atoms with E-state index in [4.69, 9.17) is 11.6 Å². The zero-order valence-corrected chi connectivity index (χ0v) is 14.9. The molecule has 4 rings (SSSR count). The molecule has 0 radical (unpaired) electrons. The lowest BCUT2D eigenvalue weighted by Gasteiger charge is -2.04. The molecule has 2 aromatic heterocycles. The van der Waals surface area contributed by atoms with E-state index in [0.29, 0.717) is 21.1 Å². The number of nitrogens with one attached hydrogen (secondary N) is 2. The maximum absolute atomic E-state index is 12.6. The van der Waals surface area contributed by atoms with Crippen molar-refractivity contribution in [1.82, 2.24) is 9.97 Å². The van der Waals surface area contributed by atoms with Crippen LogP contribution in [0.2, 0.25) is 5.02 Å². The highest BCUT2D eigenvalue weighted by Crippen LogP contribution is 2.25. The average molecular weight is 382 g/mol. The van der Waals surface area contributed by atoms with Crippen LogP contribution >= 0.6 is 22.9 Å². The van der Waals surface area contributed by atoms with E-state index >= 15 is 0 Å². The van der Waals surface area contributed by atoms with E-state index in [9.17, 15) is 9.59 Å². The summed E-state index contributed by atoms with van der Waals surface area (Å²) < 4.78 is 0. The lowest BCUT2D eigenvalue weighted by Crippen LogP contribution is -2.21. The zero-order chi connectivity index (χ0) is 18.1. The van der Waals surface area contributed by atoms with Crippen molar-refractivity contribution in [3.8, 4) is 11.3 Å². The SMILES string of the molecule is O=C(Nc1nc(-c2ccccc2)cs1)c1c[nH]c2ccc(Cl)cc2c1=O. The van der Waals surface area contributed by atoms with Crippen LogP contribution in [0, 0.1) is 0 Å². The summed E-state index contributed by atoms with van der Waals surface area (Å²) in [6, 6.07) is 14.6. The number of thiazole rings is 1. The van der Waals surface area contributed by atoms with Gasteiger partial charge in [0, 0.05) is 33.1 Å². The number of halogens is 1. The molecule has 0 atom stereocenters. The topological polar surface area (TPSA) is 74.8 Å². The van der Waals surface area contributed by atoms with E-state index in [0.717, 1.165) is 11.3 Å². The normalized spacial score (nSPS) is 10.8. The van der Waals surface area contributed by atoms with Gasteiger partial charge in [0.05, 0.1) is 5.69 Å². The lowest BCUT2D eigenvalue weighted by molar-refractivity contribution is 0.102. The number of amides is 1. The highest BCUT2D eigenvalue weighted by molar-refractivity contribution is 7.14. The van der Waals surface area contributed by atoms with Gasteiger partial charge in [0.2, 0.25) is 5.43 Å². The van der Waals surface area contributed by atoms with Crippen LogP contribution in [-0.2, 0) is 0 Å². The summed E-state index contributed by atoms with van der Waals surface area (Å²) >= 11 is 7.25. The quantitative estimate of drug-likeness (QED) is 0.546. The van der Waals surface area contributed by atoms with Gasteiger partial charge in [0.15, 0.2) is 5.13 Å². The molecule has 2 heterocycles. The summed E-state index contributed by atoms with van der Waals surface area (Å²) in [5.41, 5.74) is 1.99. The Labute approximate surface area is 157 Å². The number of anilines is 1. The molecule has 0 saturated carbocycles. The second kappa shape index (κ2) is 6.74. The summed E-state index contributed by atoms with van der Waals surface area (Å²) in [4.78, 5) is 32.4. The van der Waals surface area contributed by atoms with E-state index in [-0.39, 0.29) is 11.0 Å². The van der Waals surface area contributed by atoms with E-state index in [1.54, 1.807) is 18.2 Å². The van der Waals surface area contributed by atoms with Gasteiger partial charge in [0.1, 0.15) is 5.56 Å². The van der Waals surface area contributed by atoms with Crippen molar-refractivity contribution >= 4 is 44.9 Å². The number of aromatic amines is 1. The monoisotopic (exact) mass is 381 g/mol. The highest BCUT2D eigenvalue weighted by atomic mass is 35.5. The average Bonchev–Trinajstić information content (AvgIpc) is 3.11. The van der Waals surface area contributed by atoms with Crippen LogP contribution in [0.1, 0.15) is 10.4 Å². The number of carbonyl (C=O) groups is 1. The Morgan fingerprint density at radius 3 is 2.77 bits per heavy atom. The van der Waals surface area contributed by atoms with Crippen LogP contribution in [0.4, 0.5) is 5.13 Å². The minimum absolute atomic E-state index is 0.0104. The van der Waals surface area contributed by atoms with Gasteiger partial charge >= 0.3 is 0 Å². The van der Waals surface area contributed by atoms with Crippen molar-refractivity contribution in [2.24, 2.45) is 0 Å². The summed E-state index contributed by atoms with van der Waals surface area (Å²) in [7, 11) is 0. The molecule has 2 N–H and O–H groups in total. The molecule has 0 saturated heterocycles. The summed E-state index contributed by atoms with van der Waals surface area (Å²) in [6.07, 6.45) is 1.40. The van der Waals surface area contributed by atoms with E-state index < -0.39 is 5.91 Å². The number of nitrogens with zero attached hydrogens (tertiary/aromatic N) is 1. The molecule has 0 aliphatic carbocycles. The van der Waals surface area contributed by atoms with E-state index in [1.807, 2.05) is 35.7 Å². The Hall–Kier alpha value is -2.96. The molecule has 0 spiro atoms. The van der Waals surface area contributed by atoms with Crippen molar-refractivity contribution in [3.05, 3.63) is 80.9 Å². The fraction of sp³-hybridized carbons (Fsp3) is 0. The second-order valence-electron chi connectivity index (χ2n) is 5.58. The molecule has 128 valence electrons. The van der Waals surface area contributed by atoms with Gasteiger partial charge in [-0.05, 0) is 18.2 Å². The van der Waals surface area contributed by atoms with Gasteiger partial charge in [-0.3, -0.25) is 14.9 Å². The first kappa shape index (κ1) is 16.5. The minimum atomic E-state index is -0.512. The molecule has 0 fully saturated rings. The molecule has 1 amide bonds. The van der Waals surface area contributed by atoms with Crippen molar-refractivity contribution in [2.45, 2.75) is 0 Å². The molecule has 26 heavy (non-hydrogen) atoms. The number of hydrogen-bond donors (Lipinski definition) is 2.